The lowest BCUT2D eigenvalue weighted by atomic mass is 10.1. The fraction of sp³-hybridized carbons (Fsp3) is 0.192. The van der Waals surface area contributed by atoms with Gasteiger partial charge in [0.2, 0.25) is 0 Å². The number of hydrogen-bond acceptors (Lipinski definition) is 6. The highest BCUT2D eigenvalue weighted by atomic mass is 32.2. The number of sulfonamides is 1. The lowest BCUT2D eigenvalue weighted by Crippen LogP contribution is -2.48. The molecule has 36 heavy (non-hydrogen) atoms. The Morgan fingerprint density at radius 3 is 2.44 bits per heavy atom. The zero-order valence-corrected chi connectivity index (χ0v) is 20.2. The number of hydrogen-bond donors (Lipinski definition) is 1. The van der Waals surface area contributed by atoms with E-state index in [1.807, 2.05) is 0 Å². The fourth-order valence-electron chi connectivity index (χ4n) is 4.25. The van der Waals surface area contributed by atoms with Crippen molar-refractivity contribution in [1.29, 1.82) is 0 Å². The van der Waals surface area contributed by atoms with E-state index in [-0.39, 0.29) is 16.6 Å². The average molecular weight is 506 g/mol. The highest BCUT2D eigenvalue weighted by Crippen LogP contribution is 2.24. The molecule has 0 unspecified atom stereocenters. The van der Waals surface area contributed by atoms with E-state index in [2.05, 4.69) is 19.6 Å². The van der Waals surface area contributed by atoms with Gasteiger partial charge in [-0.15, -0.1) is 0 Å². The predicted octanol–water partition coefficient (Wildman–Crippen LogP) is 3.53. The van der Waals surface area contributed by atoms with Gasteiger partial charge in [0.25, 0.3) is 15.9 Å². The first-order valence-corrected chi connectivity index (χ1v) is 13.0. The summed E-state index contributed by atoms with van der Waals surface area (Å²) in [5.41, 5.74) is 1.80. The standard InChI is InChI=1S/C26H24FN5O3S/c27-23-17-28-12-10-21(23)18-31-13-15-32(16-14-31)26(33)20-6-8-22(9-7-20)30-36(34,35)24-5-1-3-19-4-2-11-29-25(19)24/h1-12,17,30H,13-16,18H2. The molecular weight excluding hydrogens is 481 g/mol. The van der Waals surface area contributed by atoms with E-state index in [1.165, 1.54) is 12.3 Å². The van der Waals surface area contributed by atoms with E-state index in [1.54, 1.807) is 71.9 Å². The summed E-state index contributed by atoms with van der Waals surface area (Å²) in [7, 11) is -3.87. The molecule has 0 spiro atoms. The molecule has 0 atom stereocenters. The molecule has 184 valence electrons. The van der Waals surface area contributed by atoms with E-state index in [9.17, 15) is 17.6 Å². The van der Waals surface area contributed by atoms with Gasteiger partial charge in [-0.3, -0.25) is 24.4 Å². The smallest absolute Gasteiger partial charge is 0.264 e. The lowest BCUT2D eigenvalue weighted by molar-refractivity contribution is 0.0627. The Balaban J connectivity index is 1.22. The second kappa shape index (κ2) is 10.00. The number of aromatic nitrogens is 2. The Labute approximate surface area is 208 Å². The molecular formula is C26H24FN5O3S. The first-order chi connectivity index (χ1) is 17.4. The van der Waals surface area contributed by atoms with Crippen LogP contribution in [0.1, 0.15) is 15.9 Å². The van der Waals surface area contributed by atoms with Crippen LogP contribution in [0.4, 0.5) is 10.1 Å². The first-order valence-electron chi connectivity index (χ1n) is 11.5. The summed E-state index contributed by atoms with van der Waals surface area (Å²) in [6.07, 6.45) is 4.33. The van der Waals surface area contributed by atoms with Crippen LogP contribution in [-0.4, -0.2) is 60.3 Å². The van der Waals surface area contributed by atoms with Crippen molar-refractivity contribution in [3.05, 3.63) is 96.2 Å². The van der Waals surface area contributed by atoms with Crippen LogP contribution in [0.15, 0.2) is 84.1 Å². The summed E-state index contributed by atoms with van der Waals surface area (Å²) in [5, 5.41) is 0.729. The predicted molar refractivity (Wildman–Crippen MR) is 134 cm³/mol. The Kier molecular flexibility index (Phi) is 6.62. The molecule has 10 heteroatoms. The number of benzene rings is 2. The summed E-state index contributed by atoms with van der Waals surface area (Å²) < 4.78 is 42.5. The number of carbonyl (C=O) groups excluding carboxylic acids is 1. The van der Waals surface area contributed by atoms with E-state index in [4.69, 9.17) is 0 Å². The maximum atomic E-state index is 13.9. The molecule has 0 aliphatic carbocycles. The normalized spacial score (nSPS) is 14.6. The van der Waals surface area contributed by atoms with Gasteiger partial charge in [-0.1, -0.05) is 18.2 Å². The van der Waals surface area contributed by atoms with Crippen molar-refractivity contribution in [2.45, 2.75) is 11.4 Å². The molecule has 1 N–H and O–H groups in total. The van der Waals surface area contributed by atoms with Crippen molar-refractivity contribution in [2.24, 2.45) is 0 Å². The zero-order valence-electron chi connectivity index (χ0n) is 19.3. The Morgan fingerprint density at radius 1 is 0.944 bits per heavy atom. The SMILES string of the molecule is O=C(c1ccc(NS(=O)(=O)c2cccc3cccnc23)cc1)N1CCN(Cc2ccncc2F)CC1. The molecule has 2 aromatic heterocycles. The number of carbonyl (C=O) groups is 1. The number of halogens is 1. The molecule has 1 aliphatic heterocycles. The summed E-state index contributed by atoms with van der Waals surface area (Å²) in [4.78, 5) is 24.9. The highest BCUT2D eigenvalue weighted by molar-refractivity contribution is 7.93. The molecule has 1 saturated heterocycles. The van der Waals surface area contributed by atoms with Crippen molar-refractivity contribution in [2.75, 3.05) is 30.9 Å². The molecule has 0 radical (unpaired) electrons. The van der Waals surface area contributed by atoms with Gasteiger partial charge in [0.1, 0.15) is 10.7 Å². The largest absolute Gasteiger partial charge is 0.336 e. The summed E-state index contributed by atoms with van der Waals surface area (Å²) in [6, 6.07) is 16.6. The lowest BCUT2D eigenvalue weighted by Gasteiger charge is -2.34. The monoisotopic (exact) mass is 505 g/mol. The van der Waals surface area contributed by atoms with Gasteiger partial charge in [0, 0.05) is 67.3 Å². The maximum Gasteiger partial charge on any atom is 0.264 e. The molecule has 4 aromatic rings. The van der Waals surface area contributed by atoms with Crippen LogP contribution in [0.5, 0.6) is 0 Å². The summed E-state index contributed by atoms with van der Waals surface area (Å²) in [6.45, 7) is 2.77. The molecule has 8 nitrogen and oxygen atoms in total. The number of piperazine rings is 1. The van der Waals surface area contributed by atoms with Crippen molar-refractivity contribution in [1.82, 2.24) is 19.8 Å². The topological polar surface area (TPSA) is 95.5 Å². The maximum absolute atomic E-state index is 13.9. The second-order valence-electron chi connectivity index (χ2n) is 8.55. The van der Waals surface area contributed by atoms with E-state index < -0.39 is 10.0 Å². The third kappa shape index (κ3) is 5.05. The molecule has 5 rings (SSSR count). The summed E-state index contributed by atoms with van der Waals surface area (Å²) >= 11 is 0. The minimum atomic E-state index is -3.87. The van der Waals surface area contributed by atoms with Crippen LogP contribution >= 0.6 is 0 Å². The number of amides is 1. The highest BCUT2D eigenvalue weighted by Gasteiger charge is 2.23. The van der Waals surface area contributed by atoms with E-state index >= 15 is 0 Å². The second-order valence-corrected chi connectivity index (χ2v) is 10.2. The third-order valence-corrected chi connectivity index (χ3v) is 7.59. The van der Waals surface area contributed by atoms with Crippen molar-refractivity contribution < 1.29 is 17.6 Å². The average Bonchev–Trinajstić information content (AvgIpc) is 2.90. The molecule has 1 fully saturated rings. The van der Waals surface area contributed by atoms with Crippen molar-refractivity contribution in [3.8, 4) is 0 Å². The van der Waals surface area contributed by atoms with Gasteiger partial charge >= 0.3 is 0 Å². The number of anilines is 1. The molecule has 0 saturated carbocycles. The van der Waals surface area contributed by atoms with Gasteiger partial charge in [0.05, 0.1) is 11.7 Å². The van der Waals surface area contributed by atoms with Crippen LogP contribution in [-0.2, 0) is 16.6 Å². The molecule has 1 amide bonds. The van der Waals surface area contributed by atoms with E-state index in [0.29, 0.717) is 55.1 Å². The van der Waals surface area contributed by atoms with Crippen LogP contribution in [0.25, 0.3) is 10.9 Å². The van der Waals surface area contributed by atoms with Crippen molar-refractivity contribution in [3.63, 3.8) is 0 Å². The fourth-order valence-corrected chi connectivity index (χ4v) is 5.49. The number of rotatable bonds is 6. The van der Waals surface area contributed by atoms with Crippen LogP contribution in [0.3, 0.4) is 0 Å². The van der Waals surface area contributed by atoms with Crippen LogP contribution < -0.4 is 4.72 Å². The van der Waals surface area contributed by atoms with Crippen LogP contribution in [0, 0.1) is 5.82 Å². The Morgan fingerprint density at radius 2 is 1.69 bits per heavy atom. The van der Waals surface area contributed by atoms with Gasteiger partial charge in [-0.2, -0.15) is 0 Å². The molecule has 2 aromatic carbocycles. The van der Waals surface area contributed by atoms with Crippen molar-refractivity contribution >= 4 is 32.5 Å². The number of nitrogens with zero attached hydrogens (tertiary/aromatic N) is 4. The molecule has 0 bridgehead atoms. The Bertz CT molecular complexity index is 1500. The minimum Gasteiger partial charge on any atom is -0.336 e. The first kappa shape index (κ1) is 23.8. The van der Waals surface area contributed by atoms with Crippen LogP contribution in [0.2, 0.25) is 0 Å². The molecule has 1 aliphatic rings. The van der Waals surface area contributed by atoms with Gasteiger partial charge in [-0.25, -0.2) is 12.8 Å². The summed E-state index contributed by atoms with van der Waals surface area (Å²) in [5.74, 6) is -0.458. The number of para-hydroxylation sites is 1. The Hall–Kier alpha value is -3.89. The number of nitrogens with one attached hydrogen (secondary N) is 1. The van der Waals surface area contributed by atoms with Gasteiger partial charge in [0.15, 0.2) is 0 Å². The quantitative estimate of drug-likeness (QED) is 0.431. The minimum absolute atomic E-state index is 0.0882. The number of pyridine rings is 2. The molecule has 3 heterocycles. The van der Waals surface area contributed by atoms with E-state index in [0.717, 1.165) is 5.39 Å². The zero-order chi connectivity index (χ0) is 25.1. The van der Waals surface area contributed by atoms with Gasteiger partial charge in [-0.05, 0) is 42.5 Å². The van der Waals surface area contributed by atoms with Gasteiger partial charge < -0.3 is 4.90 Å². The number of fused-ring (bicyclic) bond motifs is 1. The third-order valence-electron chi connectivity index (χ3n) is 6.18.